The summed E-state index contributed by atoms with van der Waals surface area (Å²) in [6.45, 7) is 4.21. The third kappa shape index (κ3) is 3.74. The zero-order valence-corrected chi connectivity index (χ0v) is 9.18. The van der Waals surface area contributed by atoms with Gasteiger partial charge in [-0.15, -0.1) is 0 Å². The van der Waals surface area contributed by atoms with Crippen LogP contribution in [-0.2, 0) is 0 Å². The topological polar surface area (TPSA) is 0 Å². The van der Waals surface area contributed by atoms with Gasteiger partial charge < -0.3 is 0 Å². The van der Waals surface area contributed by atoms with Crippen molar-refractivity contribution in [2.24, 2.45) is 0 Å². The Hall–Kier alpha value is -0.533. The van der Waals surface area contributed by atoms with Gasteiger partial charge in [0.25, 0.3) is 0 Å². The smallest absolute Gasteiger partial charge is 0.162 e. The van der Waals surface area contributed by atoms with Crippen LogP contribution >= 0.6 is 11.1 Å². The minimum atomic E-state index is -1.55. The summed E-state index contributed by atoms with van der Waals surface area (Å²) >= 11 is 6.14. The van der Waals surface area contributed by atoms with Crippen molar-refractivity contribution in [2.45, 2.75) is 13.1 Å². The molecule has 0 nitrogen and oxygen atoms in total. The molecule has 1 aromatic rings. The van der Waals surface area contributed by atoms with E-state index in [4.69, 9.17) is 11.1 Å². The van der Waals surface area contributed by atoms with Crippen molar-refractivity contribution in [1.29, 1.82) is 0 Å². The first-order valence-electron chi connectivity index (χ1n) is 4.01. The number of hydrogen-bond donors (Lipinski definition) is 0. The fraction of sp³-hybridized carbons (Fsp3) is 0.200. The fourth-order valence-corrected chi connectivity index (χ4v) is 1.64. The van der Waals surface area contributed by atoms with Crippen LogP contribution in [0.4, 0.5) is 0 Å². The molecule has 0 atom stereocenters. The van der Waals surface area contributed by atoms with E-state index in [1.165, 1.54) is 5.56 Å². The quantitative estimate of drug-likeness (QED) is 0.500. The van der Waals surface area contributed by atoms with E-state index in [9.17, 15) is 0 Å². The first-order chi connectivity index (χ1) is 5.58. The zero-order chi connectivity index (χ0) is 9.03. The maximum Gasteiger partial charge on any atom is 0.173 e. The zero-order valence-electron chi connectivity index (χ0n) is 7.42. The molecule has 0 spiro atoms. The standard InChI is InChI=1S/C10H13ClSi/c1-12(2,11)9-8-10-6-4-3-5-7-10/h3-9H,1-2H3. The van der Waals surface area contributed by atoms with Crippen LogP contribution in [0.2, 0.25) is 13.1 Å². The molecule has 12 heavy (non-hydrogen) atoms. The molecule has 0 radical (unpaired) electrons. The van der Waals surface area contributed by atoms with Gasteiger partial charge in [-0.05, 0) is 5.56 Å². The molecule has 0 saturated carbocycles. The van der Waals surface area contributed by atoms with Gasteiger partial charge in [0.15, 0.2) is 7.38 Å². The van der Waals surface area contributed by atoms with E-state index in [1.807, 2.05) is 18.2 Å². The molecule has 0 bridgehead atoms. The molecule has 0 aliphatic carbocycles. The largest absolute Gasteiger partial charge is 0.173 e. The Kier molecular flexibility index (Phi) is 3.12. The monoisotopic (exact) mass is 196 g/mol. The van der Waals surface area contributed by atoms with Crippen molar-refractivity contribution in [3.8, 4) is 0 Å². The van der Waals surface area contributed by atoms with E-state index in [2.05, 4.69) is 37.0 Å². The molecule has 0 heterocycles. The molecule has 1 rings (SSSR count). The molecule has 0 amide bonds. The van der Waals surface area contributed by atoms with E-state index in [0.717, 1.165) is 0 Å². The highest BCUT2D eigenvalue weighted by Crippen LogP contribution is 2.11. The molecule has 2 heteroatoms. The summed E-state index contributed by atoms with van der Waals surface area (Å²) in [5, 5.41) is 0. The molecule has 0 aliphatic rings. The number of rotatable bonds is 2. The SMILES string of the molecule is C[Si](C)(Cl)C=Cc1ccccc1. The second-order valence-corrected chi connectivity index (χ2v) is 9.69. The Morgan fingerprint density at radius 2 is 1.75 bits per heavy atom. The van der Waals surface area contributed by atoms with Crippen molar-refractivity contribution < 1.29 is 0 Å². The van der Waals surface area contributed by atoms with Crippen LogP contribution in [-0.4, -0.2) is 7.38 Å². The molecular weight excluding hydrogens is 184 g/mol. The summed E-state index contributed by atoms with van der Waals surface area (Å²) in [4.78, 5) is 0. The van der Waals surface area contributed by atoms with Crippen LogP contribution in [0.1, 0.15) is 5.56 Å². The third-order valence-corrected chi connectivity index (χ3v) is 2.81. The van der Waals surface area contributed by atoms with E-state index in [0.29, 0.717) is 0 Å². The van der Waals surface area contributed by atoms with Gasteiger partial charge in [-0.1, -0.05) is 55.2 Å². The van der Waals surface area contributed by atoms with Gasteiger partial charge in [0.1, 0.15) is 0 Å². The van der Waals surface area contributed by atoms with Crippen molar-refractivity contribution in [1.82, 2.24) is 0 Å². The lowest BCUT2D eigenvalue weighted by molar-refractivity contribution is 1.66. The Labute approximate surface area is 79.6 Å². The molecule has 0 aromatic heterocycles. The molecule has 0 aliphatic heterocycles. The van der Waals surface area contributed by atoms with Crippen molar-refractivity contribution in [3.05, 3.63) is 41.6 Å². The highest BCUT2D eigenvalue weighted by atomic mass is 35.6. The van der Waals surface area contributed by atoms with Crippen molar-refractivity contribution >= 4 is 24.5 Å². The molecule has 0 fully saturated rings. The van der Waals surface area contributed by atoms with Crippen LogP contribution in [0.15, 0.2) is 36.0 Å². The summed E-state index contributed by atoms with van der Waals surface area (Å²) in [5.74, 6) is 0. The van der Waals surface area contributed by atoms with E-state index >= 15 is 0 Å². The van der Waals surface area contributed by atoms with Crippen LogP contribution < -0.4 is 0 Å². The van der Waals surface area contributed by atoms with E-state index in [-0.39, 0.29) is 0 Å². The van der Waals surface area contributed by atoms with Crippen molar-refractivity contribution in [3.63, 3.8) is 0 Å². The molecule has 0 saturated heterocycles. The van der Waals surface area contributed by atoms with Gasteiger partial charge in [-0.3, -0.25) is 0 Å². The second kappa shape index (κ2) is 3.92. The lowest BCUT2D eigenvalue weighted by atomic mass is 10.2. The highest BCUT2D eigenvalue weighted by Gasteiger charge is 2.10. The van der Waals surface area contributed by atoms with Crippen LogP contribution in [0.3, 0.4) is 0 Å². The Balaban J connectivity index is 2.71. The summed E-state index contributed by atoms with van der Waals surface area (Å²) in [6.07, 6.45) is 2.10. The average molecular weight is 197 g/mol. The van der Waals surface area contributed by atoms with Crippen LogP contribution in [0, 0.1) is 0 Å². The summed E-state index contributed by atoms with van der Waals surface area (Å²) in [7, 11) is -1.55. The van der Waals surface area contributed by atoms with Crippen LogP contribution in [0.25, 0.3) is 6.08 Å². The van der Waals surface area contributed by atoms with Crippen molar-refractivity contribution in [2.75, 3.05) is 0 Å². The fourth-order valence-electron chi connectivity index (χ4n) is 0.859. The van der Waals surface area contributed by atoms with Gasteiger partial charge >= 0.3 is 0 Å². The van der Waals surface area contributed by atoms with Gasteiger partial charge in [-0.25, -0.2) is 0 Å². The van der Waals surface area contributed by atoms with E-state index in [1.54, 1.807) is 0 Å². The first kappa shape index (κ1) is 9.55. The Morgan fingerprint density at radius 3 is 2.25 bits per heavy atom. The lowest BCUT2D eigenvalue weighted by Crippen LogP contribution is -2.11. The van der Waals surface area contributed by atoms with Gasteiger partial charge in [0, 0.05) is 0 Å². The molecule has 64 valence electrons. The highest BCUT2D eigenvalue weighted by molar-refractivity contribution is 7.22. The normalized spacial score (nSPS) is 12.2. The average Bonchev–Trinajstić information content (AvgIpc) is 2.02. The minimum Gasteiger partial charge on any atom is -0.162 e. The van der Waals surface area contributed by atoms with Gasteiger partial charge in [0.2, 0.25) is 0 Å². The molecule has 0 unspecified atom stereocenters. The molecule has 0 N–H and O–H groups in total. The number of hydrogen-bond acceptors (Lipinski definition) is 0. The summed E-state index contributed by atoms with van der Waals surface area (Å²) in [5.41, 5.74) is 3.35. The predicted molar refractivity (Wildman–Crippen MR) is 58.8 cm³/mol. The third-order valence-electron chi connectivity index (χ3n) is 1.47. The maximum absolute atomic E-state index is 6.14. The van der Waals surface area contributed by atoms with E-state index < -0.39 is 7.38 Å². The predicted octanol–water partition coefficient (Wildman–Crippen LogP) is 3.68. The number of halogens is 1. The summed E-state index contributed by atoms with van der Waals surface area (Å²) in [6, 6.07) is 10.2. The number of benzene rings is 1. The lowest BCUT2D eigenvalue weighted by Gasteiger charge is -2.04. The molecular formula is C10H13ClSi. The van der Waals surface area contributed by atoms with Gasteiger partial charge in [0.05, 0.1) is 0 Å². The Morgan fingerprint density at radius 1 is 1.17 bits per heavy atom. The maximum atomic E-state index is 6.14. The van der Waals surface area contributed by atoms with Crippen LogP contribution in [0.5, 0.6) is 0 Å². The first-order valence-corrected chi connectivity index (χ1v) is 8.10. The van der Waals surface area contributed by atoms with Gasteiger partial charge in [-0.2, -0.15) is 11.1 Å². The summed E-state index contributed by atoms with van der Waals surface area (Å²) < 4.78 is 0. The Bertz CT molecular complexity index is 259. The minimum absolute atomic E-state index is 1.22. The molecule has 1 aromatic carbocycles. The second-order valence-electron chi connectivity index (χ2n) is 3.31.